The summed E-state index contributed by atoms with van der Waals surface area (Å²) in [6.45, 7) is 1.96. The Morgan fingerprint density at radius 1 is 1.44 bits per heavy atom. The minimum Gasteiger partial charge on any atom is -0.481 e. The van der Waals surface area contributed by atoms with Gasteiger partial charge in [-0.3, -0.25) is 0 Å². The summed E-state index contributed by atoms with van der Waals surface area (Å²) in [5, 5.41) is 6.99. The van der Waals surface area contributed by atoms with Crippen molar-refractivity contribution in [2.75, 3.05) is 14.2 Å². The van der Waals surface area contributed by atoms with Crippen LogP contribution in [0.25, 0.3) is 0 Å². The van der Waals surface area contributed by atoms with Gasteiger partial charge in [-0.25, -0.2) is 4.98 Å². The summed E-state index contributed by atoms with van der Waals surface area (Å²) in [7, 11) is 3.44. The van der Waals surface area contributed by atoms with E-state index in [9.17, 15) is 0 Å². The minimum absolute atomic E-state index is 0.0558. The molecule has 1 N–H and O–H groups in total. The number of rotatable bonds is 5. The average Bonchev–Trinajstić information content (AvgIpc) is 2.87. The molecule has 2 aromatic rings. The Morgan fingerprint density at radius 2 is 2.28 bits per heavy atom. The number of hydrogen-bond acceptors (Lipinski definition) is 6. The Balaban J connectivity index is 2.06. The van der Waals surface area contributed by atoms with Crippen LogP contribution in [0.4, 0.5) is 0 Å². The number of pyridine rings is 1. The fourth-order valence-corrected chi connectivity index (χ4v) is 1.46. The van der Waals surface area contributed by atoms with Gasteiger partial charge in [-0.2, -0.15) is 4.98 Å². The maximum atomic E-state index is 5.17. The lowest BCUT2D eigenvalue weighted by atomic mass is 10.2. The zero-order valence-corrected chi connectivity index (χ0v) is 10.7. The largest absolute Gasteiger partial charge is 0.481 e. The standard InChI is InChI=1S/C12H16N4O2/c1-8(13-2)12-15-10(16-18-12)6-9-4-5-11(17-3)14-7-9/h4-5,7-8,13H,6H2,1-3H3. The van der Waals surface area contributed by atoms with Gasteiger partial charge in [-0.1, -0.05) is 11.2 Å². The third-order valence-corrected chi connectivity index (χ3v) is 2.66. The SMILES string of the molecule is CNC(C)c1nc(Cc2ccc(OC)nc2)no1. The van der Waals surface area contributed by atoms with E-state index in [1.165, 1.54) is 0 Å². The van der Waals surface area contributed by atoms with Crippen LogP contribution in [0.3, 0.4) is 0 Å². The summed E-state index contributed by atoms with van der Waals surface area (Å²) in [5.74, 6) is 1.84. The summed E-state index contributed by atoms with van der Waals surface area (Å²) in [6.07, 6.45) is 2.34. The lowest BCUT2D eigenvalue weighted by Crippen LogP contribution is -2.12. The molecule has 1 unspecified atom stereocenters. The second kappa shape index (κ2) is 5.59. The first-order valence-corrected chi connectivity index (χ1v) is 5.71. The van der Waals surface area contributed by atoms with Crippen LogP contribution in [0.1, 0.15) is 30.2 Å². The minimum atomic E-state index is 0.0558. The fraction of sp³-hybridized carbons (Fsp3) is 0.417. The summed E-state index contributed by atoms with van der Waals surface area (Å²) >= 11 is 0. The molecule has 1 atom stereocenters. The Hall–Kier alpha value is -1.95. The molecule has 0 amide bonds. The van der Waals surface area contributed by atoms with Crippen LogP contribution in [0, 0.1) is 0 Å². The van der Waals surface area contributed by atoms with Gasteiger partial charge in [0.1, 0.15) is 0 Å². The van der Waals surface area contributed by atoms with Gasteiger partial charge in [0.2, 0.25) is 11.8 Å². The van der Waals surface area contributed by atoms with Crippen molar-refractivity contribution >= 4 is 0 Å². The van der Waals surface area contributed by atoms with E-state index in [1.54, 1.807) is 13.3 Å². The molecule has 6 nitrogen and oxygen atoms in total. The van der Waals surface area contributed by atoms with Crippen molar-refractivity contribution in [1.82, 2.24) is 20.4 Å². The summed E-state index contributed by atoms with van der Waals surface area (Å²) < 4.78 is 10.2. The van der Waals surface area contributed by atoms with Gasteiger partial charge in [-0.05, 0) is 19.5 Å². The van der Waals surface area contributed by atoms with Crippen molar-refractivity contribution < 1.29 is 9.26 Å². The van der Waals surface area contributed by atoms with Gasteiger partial charge in [0.15, 0.2) is 5.82 Å². The quantitative estimate of drug-likeness (QED) is 0.861. The maximum Gasteiger partial charge on any atom is 0.243 e. The third kappa shape index (κ3) is 2.84. The molecule has 0 aliphatic heterocycles. The fourth-order valence-electron chi connectivity index (χ4n) is 1.46. The molecule has 2 rings (SSSR count). The molecule has 2 heterocycles. The predicted octanol–water partition coefficient (Wildman–Crippen LogP) is 1.34. The second-order valence-electron chi connectivity index (χ2n) is 3.94. The average molecular weight is 248 g/mol. The van der Waals surface area contributed by atoms with Crippen molar-refractivity contribution in [3.63, 3.8) is 0 Å². The van der Waals surface area contributed by atoms with Gasteiger partial charge < -0.3 is 14.6 Å². The highest BCUT2D eigenvalue weighted by Crippen LogP contribution is 2.13. The zero-order valence-electron chi connectivity index (χ0n) is 10.7. The highest BCUT2D eigenvalue weighted by atomic mass is 16.5. The molecule has 96 valence electrons. The molecule has 0 saturated heterocycles. The number of nitrogens with zero attached hydrogens (tertiary/aromatic N) is 3. The van der Waals surface area contributed by atoms with Gasteiger partial charge >= 0.3 is 0 Å². The van der Waals surface area contributed by atoms with E-state index in [4.69, 9.17) is 9.26 Å². The highest BCUT2D eigenvalue weighted by molar-refractivity contribution is 5.20. The van der Waals surface area contributed by atoms with Gasteiger partial charge in [0.25, 0.3) is 0 Å². The molecule has 0 bridgehead atoms. The van der Waals surface area contributed by atoms with Crippen LogP contribution in [0.2, 0.25) is 0 Å². The van der Waals surface area contributed by atoms with Crippen LogP contribution < -0.4 is 10.1 Å². The molecule has 0 aliphatic carbocycles. The number of ether oxygens (including phenoxy) is 1. The van der Waals surface area contributed by atoms with Crippen LogP contribution >= 0.6 is 0 Å². The van der Waals surface area contributed by atoms with Crippen molar-refractivity contribution in [3.8, 4) is 5.88 Å². The van der Waals surface area contributed by atoms with Crippen LogP contribution in [0.5, 0.6) is 5.88 Å². The Kier molecular flexibility index (Phi) is 3.88. The first-order valence-electron chi connectivity index (χ1n) is 5.71. The Labute approximate surface area is 105 Å². The summed E-state index contributed by atoms with van der Waals surface area (Å²) in [4.78, 5) is 8.45. The predicted molar refractivity (Wildman–Crippen MR) is 65.4 cm³/mol. The molecule has 18 heavy (non-hydrogen) atoms. The van der Waals surface area contributed by atoms with Crippen LogP contribution in [-0.2, 0) is 6.42 Å². The van der Waals surface area contributed by atoms with Crippen molar-refractivity contribution in [3.05, 3.63) is 35.6 Å². The van der Waals surface area contributed by atoms with E-state index in [2.05, 4.69) is 20.4 Å². The first kappa shape index (κ1) is 12.5. The smallest absolute Gasteiger partial charge is 0.243 e. The first-order chi connectivity index (χ1) is 8.72. The Bertz CT molecular complexity index is 495. The molecule has 0 radical (unpaired) electrons. The second-order valence-corrected chi connectivity index (χ2v) is 3.94. The van der Waals surface area contributed by atoms with E-state index in [0.717, 1.165) is 5.56 Å². The Morgan fingerprint density at radius 3 is 2.89 bits per heavy atom. The van der Waals surface area contributed by atoms with Crippen molar-refractivity contribution in [2.24, 2.45) is 0 Å². The van der Waals surface area contributed by atoms with E-state index < -0.39 is 0 Å². The summed E-state index contributed by atoms with van der Waals surface area (Å²) in [6, 6.07) is 3.80. The van der Waals surface area contributed by atoms with E-state index in [-0.39, 0.29) is 6.04 Å². The molecule has 2 aromatic heterocycles. The molecule has 6 heteroatoms. The number of nitrogens with one attached hydrogen (secondary N) is 1. The normalized spacial score (nSPS) is 12.4. The van der Waals surface area contributed by atoms with E-state index in [1.807, 2.05) is 26.1 Å². The van der Waals surface area contributed by atoms with Crippen molar-refractivity contribution in [1.29, 1.82) is 0 Å². The molecule has 0 spiro atoms. The molecular weight excluding hydrogens is 232 g/mol. The van der Waals surface area contributed by atoms with Crippen LogP contribution in [0.15, 0.2) is 22.9 Å². The lowest BCUT2D eigenvalue weighted by molar-refractivity contribution is 0.344. The molecule has 0 fully saturated rings. The monoisotopic (exact) mass is 248 g/mol. The van der Waals surface area contributed by atoms with Crippen molar-refractivity contribution in [2.45, 2.75) is 19.4 Å². The molecule has 0 aromatic carbocycles. The maximum absolute atomic E-state index is 5.17. The van der Waals surface area contributed by atoms with Gasteiger partial charge in [0.05, 0.1) is 13.2 Å². The number of methoxy groups -OCH3 is 1. The highest BCUT2D eigenvalue weighted by Gasteiger charge is 2.12. The molecule has 0 saturated carbocycles. The number of hydrogen-bond donors (Lipinski definition) is 1. The molecule has 0 aliphatic rings. The molecular formula is C12H16N4O2. The third-order valence-electron chi connectivity index (χ3n) is 2.66. The van der Waals surface area contributed by atoms with E-state index >= 15 is 0 Å². The van der Waals surface area contributed by atoms with Gasteiger partial charge in [-0.15, -0.1) is 0 Å². The topological polar surface area (TPSA) is 73.1 Å². The lowest BCUT2D eigenvalue weighted by Gasteiger charge is -2.01. The number of aromatic nitrogens is 3. The summed E-state index contributed by atoms with van der Waals surface area (Å²) in [5.41, 5.74) is 1.01. The van der Waals surface area contributed by atoms with E-state index in [0.29, 0.717) is 24.0 Å². The van der Waals surface area contributed by atoms with Gasteiger partial charge in [0, 0.05) is 18.7 Å². The zero-order chi connectivity index (χ0) is 13.0. The van der Waals surface area contributed by atoms with Crippen LogP contribution in [-0.4, -0.2) is 29.3 Å².